The number of nitrogens with two attached hydrogens (primary N) is 1. The van der Waals surface area contributed by atoms with Gasteiger partial charge in [-0.1, -0.05) is 18.6 Å². The molecule has 0 amide bonds. The van der Waals surface area contributed by atoms with Crippen molar-refractivity contribution in [1.29, 1.82) is 0 Å². The molecule has 18 heavy (non-hydrogen) atoms. The molecule has 1 aliphatic rings. The molecule has 0 bridgehead atoms. The van der Waals surface area contributed by atoms with Crippen molar-refractivity contribution in [3.8, 4) is 0 Å². The molecule has 100 valence electrons. The van der Waals surface area contributed by atoms with Gasteiger partial charge in [0.2, 0.25) is 0 Å². The van der Waals surface area contributed by atoms with Crippen LogP contribution in [0.25, 0.3) is 0 Å². The van der Waals surface area contributed by atoms with E-state index in [2.05, 4.69) is 17.9 Å². The van der Waals surface area contributed by atoms with Gasteiger partial charge in [-0.15, -0.1) is 0 Å². The Morgan fingerprint density at radius 3 is 2.78 bits per heavy atom. The van der Waals surface area contributed by atoms with Crippen LogP contribution in [0, 0.1) is 6.92 Å². The van der Waals surface area contributed by atoms with Crippen LogP contribution in [0.1, 0.15) is 36.8 Å². The van der Waals surface area contributed by atoms with Gasteiger partial charge in [-0.25, -0.2) is 0 Å². The largest absolute Gasteiger partial charge is 0.399 e. The number of aliphatic hydroxyl groups is 1. The standard InChI is InChI=1S/C15H24N2O/c1-12-13(5-2-8-15(12)16)11-17(9-4-10-18)14-6-3-7-14/h2,5,8,14,18H,3-4,6-7,9-11,16H2,1H3. The third-order valence-corrected chi connectivity index (χ3v) is 4.06. The van der Waals surface area contributed by atoms with E-state index in [1.165, 1.54) is 30.4 Å². The highest BCUT2D eigenvalue weighted by Gasteiger charge is 2.24. The SMILES string of the molecule is Cc1c(N)cccc1CN(CCCO)C1CCC1. The predicted molar refractivity (Wildman–Crippen MR) is 75.3 cm³/mol. The molecular formula is C15H24N2O. The molecular weight excluding hydrogens is 224 g/mol. The molecule has 0 atom stereocenters. The number of nitrogen functional groups attached to an aromatic ring is 1. The van der Waals surface area contributed by atoms with Crippen molar-refractivity contribution in [2.24, 2.45) is 0 Å². The summed E-state index contributed by atoms with van der Waals surface area (Å²) in [4.78, 5) is 2.50. The molecule has 3 nitrogen and oxygen atoms in total. The Balaban J connectivity index is 2.04. The minimum absolute atomic E-state index is 0.277. The van der Waals surface area contributed by atoms with Crippen molar-refractivity contribution in [1.82, 2.24) is 4.90 Å². The highest BCUT2D eigenvalue weighted by atomic mass is 16.3. The van der Waals surface area contributed by atoms with E-state index in [-0.39, 0.29) is 6.61 Å². The van der Waals surface area contributed by atoms with Crippen LogP contribution in [0.5, 0.6) is 0 Å². The van der Waals surface area contributed by atoms with Crippen molar-refractivity contribution >= 4 is 5.69 Å². The van der Waals surface area contributed by atoms with Gasteiger partial charge in [0, 0.05) is 31.4 Å². The van der Waals surface area contributed by atoms with Crippen molar-refractivity contribution in [3.05, 3.63) is 29.3 Å². The van der Waals surface area contributed by atoms with Crippen molar-refractivity contribution in [2.45, 2.75) is 45.2 Å². The van der Waals surface area contributed by atoms with Gasteiger partial charge >= 0.3 is 0 Å². The molecule has 3 heteroatoms. The van der Waals surface area contributed by atoms with Crippen molar-refractivity contribution in [3.63, 3.8) is 0 Å². The number of hydrogen-bond donors (Lipinski definition) is 2. The summed E-state index contributed by atoms with van der Waals surface area (Å²) in [6.45, 7) is 4.31. The van der Waals surface area contributed by atoms with Crippen LogP contribution in [0.4, 0.5) is 5.69 Å². The average molecular weight is 248 g/mol. The average Bonchev–Trinajstić information content (AvgIpc) is 2.29. The molecule has 0 spiro atoms. The van der Waals surface area contributed by atoms with Gasteiger partial charge in [0.25, 0.3) is 0 Å². The van der Waals surface area contributed by atoms with E-state index in [9.17, 15) is 0 Å². The minimum Gasteiger partial charge on any atom is -0.399 e. The second-order valence-corrected chi connectivity index (χ2v) is 5.26. The predicted octanol–water partition coefficient (Wildman–Crippen LogP) is 2.31. The maximum absolute atomic E-state index is 9.01. The summed E-state index contributed by atoms with van der Waals surface area (Å²) < 4.78 is 0. The van der Waals surface area contributed by atoms with Crippen LogP contribution in [-0.2, 0) is 6.54 Å². The van der Waals surface area contributed by atoms with Gasteiger partial charge in [-0.2, -0.15) is 0 Å². The van der Waals surface area contributed by atoms with Crippen LogP contribution in [-0.4, -0.2) is 29.2 Å². The molecule has 3 N–H and O–H groups in total. The summed E-state index contributed by atoms with van der Waals surface area (Å²) in [5, 5.41) is 9.01. The first-order chi connectivity index (χ1) is 8.72. The summed E-state index contributed by atoms with van der Waals surface area (Å²) >= 11 is 0. The molecule has 1 aliphatic carbocycles. The zero-order valence-corrected chi connectivity index (χ0v) is 11.2. The lowest BCUT2D eigenvalue weighted by molar-refractivity contribution is 0.109. The van der Waals surface area contributed by atoms with Gasteiger partial charge in [0.1, 0.15) is 0 Å². The molecule has 0 aromatic heterocycles. The normalized spacial score (nSPS) is 15.9. The summed E-state index contributed by atoms with van der Waals surface area (Å²) in [7, 11) is 0. The molecule has 2 rings (SSSR count). The summed E-state index contributed by atoms with van der Waals surface area (Å²) in [6, 6.07) is 6.86. The zero-order chi connectivity index (χ0) is 13.0. The Morgan fingerprint density at radius 1 is 1.39 bits per heavy atom. The lowest BCUT2D eigenvalue weighted by Gasteiger charge is -2.38. The maximum Gasteiger partial charge on any atom is 0.0443 e. The smallest absolute Gasteiger partial charge is 0.0443 e. The summed E-state index contributed by atoms with van der Waals surface area (Å²) in [5.41, 5.74) is 9.36. The Hall–Kier alpha value is -1.06. The lowest BCUT2D eigenvalue weighted by Crippen LogP contribution is -2.40. The Labute approximate surface area is 110 Å². The number of hydrogen-bond acceptors (Lipinski definition) is 3. The van der Waals surface area contributed by atoms with Crippen LogP contribution in [0.15, 0.2) is 18.2 Å². The Kier molecular flexibility index (Phi) is 4.61. The van der Waals surface area contributed by atoms with E-state index >= 15 is 0 Å². The zero-order valence-electron chi connectivity index (χ0n) is 11.2. The number of benzene rings is 1. The van der Waals surface area contributed by atoms with E-state index in [0.717, 1.165) is 25.2 Å². The van der Waals surface area contributed by atoms with Crippen LogP contribution < -0.4 is 5.73 Å². The maximum atomic E-state index is 9.01. The van der Waals surface area contributed by atoms with Crippen LogP contribution in [0.3, 0.4) is 0 Å². The third-order valence-electron chi connectivity index (χ3n) is 4.06. The van der Waals surface area contributed by atoms with Gasteiger partial charge in [-0.3, -0.25) is 4.90 Å². The van der Waals surface area contributed by atoms with E-state index in [1.807, 2.05) is 12.1 Å². The molecule has 1 fully saturated rings. The molecule has 1 aromatic rings. The van der Waals surface area contributed by atoms with Crippen molar-refractivity contribution < 1.29 is 5.11 Å². The van der Waals surface area contributed by atoms with Gasteiger partial charge < -0.3 is 10.8 Å². The topological polar surface area (TPSA) is 49.5 Å². The fourth-order valence-electron chi connectivity index (χ4n) is 2.51. The van der Waals surface area contributed by atoms with Crippen molar-refractivity contribution in [2.75, 3.05) is 18.9 Å². The Bertz CT molecular complexity index is 388. The van der Waals surface area contributed by atoms with E-state index < -0.39 is 0 Å². The number of nitrogens with zero attached hydrogens (tertiary/aromatic N) is 1. The minimum atomic E-state index is 0.277. The fraction of sp³-hybridized carbons (Fsp3) is 0.600. The molecule has 0 unspecified atom stereocenters. The molecule has 0 radical (unpaired) electrons. The fourth-order valence-corrected chi connectivity index (χ4v) is 2.51. The number of aliphatic hydroxyl groups excluding tert-OH is 1. The first kappa shape index (κ1) is 13.4. The highest BCUT2D eigenvalue weighted by molar-refractivity contribution is 5.49. The van der Waals surface area contributed by atoms with E-state index in [0.29, 0.717) is 6.04 Å². The van der Waals surface area contributed by atoms with Gasteiger partial charge in [-0.05, 0) is 43.4 Å². The molecule has 0 saturated heterocycles. The van der Waals surface area contributed by atoms with Gasteiger partial charge in [0.05, 0.1) is 0 Å². The Morgan fingerprint density at radius 2 is 2.17 bits per heavy atom. The molecule has 0 aliphatic heterocycles. The first-order valence-electron chi connectivity index (χ1n) is 6.91. The first-order valence-corrected chi connectivity index (χ1v) is 6.91. The summed E-state index contributed by atoms with van der Waals surface area (Å²) in [6.07, 6.45) is 4.80. The van der Waals surface area contributed by atoms with Gasteiger partial charge in [0.15, 0.2) is 0 Å². The van der Waals surface area contributed by atoms with Crippen LogP contribution >= 0.6 is 0 Å². The van der Waals surface area contributed by atoms with Crippen LogP contribution in [0.2, 0.25) is 0 Å². The number of anilines is 1. The van der Waals surface area contributed by atoms with E-state index in [1.54, 1.807) is 0 Å². The second kappa shape index (κ2) is 6.21. The number of rotatable bonds is 6. The summed E-state index contributed by atoms with van der Waals surface area (Å²) in [5.74, 6) is 0. The monoisotopic (exact) mass is 248 g/mol. The second-order valence-electron chi connectivity index (χ2n) is 5.26. The quantitative estimate of drug-likeness (QED) is 0.760. The lowest BCUT2D eigenvalue weighted by atomic mass is 9.90. The van der Waals surface area contributed by atoms with E-state index in [4.69, 9.17) is 10.8 Å². The molecule has 0 heterocycles. The highest BCUT2D eigenvalue weighted by Crippen LogP contribution is 2.27. The third kappa shape index (κ3) is 3.03. The molecule has 1 saturated carbocycles. The molecule has 1 aromatic carbocycles.